The third-order valence-electron chi connectivity index (χ3n) is 3.25. The van der Waals surface area contributed by atoms with Crippen molar-refractivity contribution in [2.45, 2.75) is 6.92 Å². The van der Waals surface area contributed by atoms with E-state index in [0.717, 1.165) is 5.69 Å². The fourth-order valence-electron chi connectivity index (χ4n) is 2.14. The van der Waals surface area contributed by atoms with Gasteiger partial charge in [-0.05, 0) is 43.3 Å². The van der Waals surface area contributed by atoms with Gasteiger partial charge >= 0.3 is 0 Å². The smallest absolute Gasteiger partial charge is 0.227 e. The van der Waals surface area contributed by atoms with Crippen molar-refractivity contribution in [3.63, 3.8) is 0 Å². The van der Waals surface area contributed by atoms with Gasteiger partial charge in [-0.3, -0.25) is 4.79 Å². The molecule has 2 N–H and O–H groups in total. The molecule has 3 rings (SSSR count). The van der Waals surface area contributed by atoms with Gasteiger partial charge < -0.3 is 14.8 Å². The Balaban J connectivity index is 2.13. The minimum atomic E-state index is -0.124. The molecule has 5 heteroatoms. The standard InChI is InChI=1S/C16H14N2O3/c1-9(19)10-5-11(7-13(20)6-10)16-18-14-8-12(17-2)3-4-15(14)21-16/h3-8,17,20H,1-2H3. The van der Waals surface area contributed by atoms with Gasteiger partial charge in [-0.15, -0.1) is 0 Å². The van der Waals surface area contributed by atoms with Gasteiger partial charge in [0.05, 0.1) is 0 Å². The lowest BCUT2D eigenvalue weighted by Crippen LogP contribution is -1.92. The average Bonchev–Trinajstić information content (AvgIpc) is 2.89. The van der Waals surface area contributed by atoms with Crippen molar-refractivity contribution in [2.24, 2.45) is 0 Å². The maximum Gasteiger partial charge on any atom is 0.227 e. The molecular formula is C16H14N2O3. The number of hydrogen-bond donors (Lipinski definition) is 2. The Morgan fingerprint density at radius 2 is 2.05 bits per heavy atom. The molecule has 0 aliphatic rings. The van der Waals surface area contributed by atoms with Crippen molar-refractivity contribution in [1.82, 2.24) is 4.98 Å². The van der Waals surface area contributed by atoms with Crippen molar-refractivity contribution < 1.29 is 14.3 Å². The number of anilines is 1. The maximum absolute atomic E-state index is 11.5. The lowest BCUT2D eigenvalue weighted by Gasteiger charge is -2.01. The Morgan fingerprint density at radius 3 is 2.76 bits per heavy atom. The molecule has 106 valence electrons. The molecule has 0 bridgehead atoms. The monoisotopic (exact) mass is 282 g/mol. The largest absolute Gasteiger partial charge is 0.508 e. The summed E-state index contributed by atoms with van der Waals surface area (Å²) in [5.41, 5.74) is 3.29. The molecule has 0 saturated carbocycles. The SMILES string of the molecule is CNc1ccc2oc(-c3cc(O)cc(C(C)=O)c3)nc2c1. The molecule has 1 aromatic heterocycles. The molecule has 0 radical (unpaired) electrons. The highest BCUT2D eigenvalue weighted by molar-refractivity contribution is 5.95. The first-order chi connectivity index (χ1) is 10.1. The summed E-state index contributed by atoms with van der Waals surface area (Å²) >= 11 is 0. The summed E-state index contributed by atoms with van der Waals surface area (Å²) in [5, 5.41) is 12.8. The minimum Gasteiger partial charge on any atom is -0.508 e. The first-order valence-corrected chi connectivity index (χ1v) is 6.50. The second-order valence-corrected chi connectivity index (χ2v) is 4.78. The molecule has 0 unspecified atom stereocenters. The minimum absolute atomic E-state index is 0.0101. The van der Waals surface area contributed by atoms with Gasteiger partial charge in [0, 0.05) is 23.9 Å². The first kappa shape index (κ1) is 13.2. The van der Waals surface area contributed by atoms with Crippen LogP contribution in [0.1, 0.15) is 17.3 Å². The molecular weight excluding hydrogens is 268 g/mol. The van der Waals surface area contributed by atoms with Crippen LogP contribution < -0.4 is 5.32 Å². The third-order valence-corrected chi connectivity index (χ3v) is 3.25. The van der Waals surface area contributed by atoms with Crippen LogP contribution in [0.3, 0.4) is 0 Å². The Morgan fingerprint density at radius 1 is 1.24 bits per heavy atom. The van der Waals surface area contributed by atoms with Gasteiger partial charge in [-0.1, -0.05) is 0 Å². The van der Waals surface area contributed by atoms with Crippen LogP contribution in [0.4, 0.5) is 5.69 Å². The number of carbonyl (C=O) groups excluding carboxylic acids is 1. The summed E-state index contributed by atoms with van der Waals surface area (Å²) in [4.78, 5) is 15.9. The lowest BCUT2D eigenvalue weighted by molar-refractivity contribution is 0.101. The number of nitrogens with zero attached hydrogens (tertiary/aromatic N) is 1. The van der Waals surface area contributed by atoms with E-state index >= 15 is 0 Å². The molecule has 21 heavy (non-hydrogen) atoms. The molecule has 0 spiro atoms. The van der Waals surface area contributed by atoms with E-state index in [1.54, 1.807) is 6.07 Å². The number of fused-ring (bicyclic) bond motifs is 1. The van der Waals surface area contributed by atoms with Crippen molar-refractivity contribution in [1.29, 1.82) is 0 Å². The Kier molecular flexibility index (Phi) is 3.10. The second kappa shape index (κ2) is 4.94. The Bertz CT molecular complexity index is 837. The van der Waals surface area contributed by atoms with E-state index in [1.165, 1.54) is 19.1 Å². The highest BCUT2D eigenvalue weighted by Crippen LogP contribution is 2.29. The normalized spacial score (nSPS) is 10.8. The van der Waals surface area contributed by atoms with Gasteiger partial charge in [-0.25, -0.2) is 4.98 Å². The predicted molar refractivity (Wildman–Crippen MR) is 80.7 cm³/mol. The summed E-state index contributed by atoms with van der Waals surface area (Å²) in [6, 6.07) is 10.2. The first-order valence-electron chi connectivity index (χ1n) is 6.50. The van der Waals surface area contributed by atoms with E-state index in [0.29, 0.717) is 28.1 Å². The molecule has 0 amide bonds. The van der Waals surface area contributed by atoms with Gasteiger partial charge in [0.15, 0.2) is 11.4 Å². The summed E-state index contributed by atoms with van der Waals surface area (Å²) in [7, 11) is 1.83. The van der Waals surface area contributed by atoms with Gasteiger partial charge in [0.25, 0.3) is 0 Å². The number of phenolic OH excluding ortho intramolecular Hbond substituents is 1. The summed E-state index contributed by atoms with van der Waals surface area (Å²) in [6.07, 6.45) is 0. The molecule has 3 aromatic rings. The molecule has 0 aliphatic carbocycles. The number of aromatic hydroxyl groups is 1. The van der Waals surface area contributed by atoms with Crippen LogP contribution in [0.25, 0.3) is 22.6 Å². The number of phenols is 1. The number of carbonyl (C=O) groups is 1. The van der Waals surface area contributed by atoms with Gasteiger partial charge in [0.2, 0.25) is 5.89 Å². The molecule has 0 fully saturated rings. The number of hydrogen-bond acceptors (Lipinski definition) is 5. The zero-order chi connectivity index (χ0) is 15.0. The number of ketones is 1. The van der Waals surface area contributed by atoms with Crippen LogP contribution in [-0.2, 0) is 0 Å². The summed E-state index contributed by atoms with van der Waals surface area (Å²) in [6.45, 7) is 1.45. The van der Waals surface area contributed by atoms with E-state index < -0.39 is 0 Å². The summed E-state index contributed by atoms with van der Waals surface area (Å²) < 4.78 is 5.68. The van der Waals surface area contributed by atoms with E-state index in [2.05, 4.69) is 10.3 Å². The van der Waals surface area contributed by atoms with Crippen molar-refractivity contribution in [3.8, 4) is 17.2 Å². The number of aromatic nitrogens is 1. The Labute approximate surface area is 121 Å². The molecule has 5 nitrogen and oxygen atoms in total. The van der Waals surface area contributed by atoms with Crippen molar-refractivity contribution in [3.05, 3.63) is 42.0 Å². The van der Waals surface area contributed by atoms with Crippen LogP contribution >= 0.6 is 0 Å². The fourth-order valence-corrected chi connectivity index (χ4v) is 2.14. The number of rotatable bonds is 3. The van der Waals surface area contributed by atoms with E-state index in [-0.39, 0.29) is 11.5 Å². The predicted octanol–water partition coefficient (Wildman–Crippen LogP) is 3.44. The summed E-state index contributed by atoms with van der Waals surface area (Å²) in [5.74, 6) is 0.258. The average molecular weight is 282 g/mol. The number of benzene rings is 2. The van der Waals surface area contributed by atoms with Crippen LogP contribution in [0.15, 0.2) is 40.8 Å². The third kappa shape index (κ3) is 2.45. The van der Waals surface area contributed by atoms with Crippen molar-refractivity contribution in [2.75, 3.05) is 12.4 Å². The zero-order valence-corrected chi connectivity index (χ0v) is 11.7. The van der Waals surface area contributed by atoms with E-state index in [1.807, 2.05) is 25.2 Å². The van der Waals surface area contributed by atoms with Crippen molar-refractivity contribution >= 4 is 22.6 Å². The fraction of sp³-hybridized carbons (Fsp3) is 0.125. The maximum atomic E-state index is 11.5. The zero-order valence-electron chi connectivity index (χ0n) is 11.7. The second-order valence-electron chi connectivity index (χ2n) is 4.78. The number of oxazole rings is 1. The number of Topliss-reactive ketones (excluding diaryl/α,β-unsaturated/α-hetero) is 1. The Hall–Kier alpha value is -2.82. The lowest BCUT2D eigenvalue weighted by atomic mass is 10.1. The molecule has 0 saturated heterocycles. The molecule has 0 aliphatic heterocycles. The van der Waals surface area contributed by atoms with Gasteiger partial charge in [0.1, 0.15) is 11.3 Å². The molecule has 2 aromatic carbocycles. The quantitative estimate of drug-likeness (QED) is 0.720. The topological polar surface area (TPSA) is 75.4 Å². The highest BCUT2D eigenvalue weighted by Gasteiger charge is 2.12. The number of nitrogens with one attached hydrogen (secondary N) is 1. The van der Waals surface area contributed by atoms with Crippen LogP contribution in [0.5, 0.6) is 5.75 Å². The molecule has 1 heterocycles. The van der Waals surface area contributed by atoms with Gasteiger partial charge in [-0.2, -0.15) is 0 Å². The molecule has 0 atom stereocenters. The highest BCUT2D eigenvalue weighted by atomic mass is 16.3. The van der Waals surface area contributed by atoms with Crippen LogP contribution in [0, 0.1) is 0 Å². The van der Waals surface area contributed by atoms with E-state index in [9.17, 15) is 9.90 Å². The van der Waals surface area contributed by atoms with Crippen LogP contribution in [0.2, 0.25) is 0 Å². The van der Waals surface area contributed by atoms with Crippen LogP contribution in [-0.4, -0.2) is 22.9 Å². The van der Waals surface area contributed by atoms with E-state index in [4.69, 9.17) is 4.42 Å².